The lowest BCUT2D eigenvalue weighted by molar-refractivity contribution is -0.140. The number of benzene rings is 1. The molecule has 118 valence electrons. The Morgan fingerprint density at radius 3 is 2.73 bits per heavy atom. The molecule has 0 aliphatic carbocycles. The van der Waals surface area contributed by atoms with Crippen molar-refractivity contribution in [3.8, 4) is 0 Å². The van der Waals surface area contributed by atoms with Crippen LogP contribution in [-0.2, 0) is 26.6 Å². The molecule has 1 heterocycles. The number of nitrogens with one attached hydrogen (secondary N) is 1. The van der Waals surface area contributed by atoms with Crippen LogP contribution in [0.1, 0.15) is 35.0 Å². The average molecular weight is 324 g/mol. The van der Waals surface area contributed by atoms with Crippen LogP contribution >= 0.6 is 11.6 Å². The summed E-state index contributed by atoms with van der Waals surface area (Å²) in [7, 11) is 1.34. The molecule has 6 heteroatoms. The van der Waals surface area contributed by atoms with E-state index in [1.807, 2.05) is 18.2 Å². The number of rotatable bonds is 6. The van der Waals surface area contributed by atoms with Crippen LogP contribution in [0.15, 0.2) is 18.2 Å². The van der Waals surface area contributed by atoms with E-state index in [0.29, 0.717) is 18.0 Å². The Labute approximate surface area is 133 Å². The maximum atomic E-state index is 12.1. The molecule has 0 spiro atoms. The lowest BCUT2D eigenvalue weighted by Gasteiger charge is -2.04. The molecule has 2 aromatic rings. The lowest BCUT2D eigenvalue weighted by atomic mass is 10.0. The predicted octanol–water partition coefficient (Wildman–Crippen LogP) is 3.19. The van der Waals surface area contributed by atoms with E-state index in [2.05, 4.69) is 9.72 Å². The topological polar surface area (TPSA) is 68.4 Å². The van der Waals surface area contributed by atoms with Gasteiger partial charge in [0, 0.05) is 23.2 Å². The standard InChI is InChI=1S/C16H18ClNO4/c1-3-22-16(20)15-12(6-7-14(19)21-2)11-5-4-10(9-17)8-13(11)18-15/h4-5,8,18H,3,6-7,9H2,1-2H3. The van der Waals surface area contributed by atoms with Crippen molar-refractivity contribution in [2.75, 3.05) is 13.7 Å². The second-order valence-corrected chi connectivity index (χ2v) is 5.06. The number of carbonyl (C=O) groups excluding carboxylic acids is 2. The highest BCUT2D eigenvalue weighted by Crippen LogP contribution is 2.26. The van der Waals surface area contributed by atoms with Gasteiger partial charge in [-0.2, -0.15) is 0 Å². The molecule has 0 radical (unpaired) electrons. The molecule has 0 unspecified atom stereocenters. The molecule has 0 amide bonds. The van der Waals surface area contributed by atoms with Crippen molar-refractivity contribution < 1.29 is 19.1 Å². The maximum absolute atomic E-state index is 12.1. The van der Waals surface area contributed by atoms with Gasteiger partial charge >= 0.3 is 11.9 Å². The number of aryl methyl sites for hydroxylation is 1. The summed E-state index contributed by atoms with van der Waals surface area (Å²) in [6, 6.07) is 5.70. The highest BCUT2D eigenvalue weighted by atomic mass is 35.5. The highest BCUT2D eigenvalue weighted by molar-refractivity contribution is 6.17. The van der Waals surface area contributed by atoms with E-state index in [9.17, 15) is 9.59 Å². The molecule has 0 saturated heterocycles. The van der Waals surface area contributed by atoms with E-state index in [1.165, 1.54) is 7.11 Å². The monoisotopic (exact) mass is 323 g/mol. The molecule has 1 aromatic heterocycles. The molecule has 22 heavy (non-hydrogen) atoms. The molecular formula is C16H18ClNO4. The van der Waals surface area contributed by atoms with Crippen molar-refractivity contribution in [1.82, 2.24) is 4.98 Å². The van der Waals surface area contributed by atoms with Gasteiger partial charge in [0.05, 0.1) is 13.7 Å². The third kappa shape index (κ3) is 3.42. The van der Waals surface area contributed by atoms with Crippen LogP contribution in [0.4, 0.5) is 0 Å². The molecule has 0 aliphatic rings. The van der Waals surface area contributed by atoms with Gasteiger partial charge in [-0.25, -0.2) is 4.79 Å². The third-order valence-corrected chi connectivity index (χ3v) is 3.72. The van der Waals surface area contributed by atoms with Crippen LogP contribution in [0.25, 0.3) is 10.9 Å². The van der Waals surface area contributed by atoms with Gasteiger partial charge in [-0.15, -0.1) is 11.6 Å². The van der Waals surface area contributed by atoms with Crippen LogP contribution in [0.5, 0.6) is 0 Å². The minimum atomic E-state index is -0.425. The van der Waals surface area contributed by atoms with E-state index in [1.54, 1.807) is 6.92 Å². The fourth-order valence-corrected chi connectivity index (χ4v) is 2.52. The van der Waals surface area contributed by atoms with Crippen LogP contribution in [0.2, 0.25) is 0 Å². The summed E-state index contributed by atoms with van der Waals surface area (Å²) in [6.07, 6.45) is 0.605. The van der Waals surface area contributed by atoms with Crippen LogP contribution in [0, 0.1) is 0 Å². The molecule has 0 saturated carbocycles. The summed E-state index contributed by atoms with van der Waals surface area (Å²) >= 11 is 5.84. The van der Waals surface area contributed by atoms with Crippen molar-refractivity contribution in [2.24, 2.45) is 0 Å². The third-order valence-electron chi connectivity index (χ3n) is 3.41. The quantitative estimate of drug-likeness (QED) is 0.655. The number of esters is 2. The van der Waals surface area contributed by atoms with E-state index in [4.69, 9.17) is 16.3 Å². The Bertz CT molecular complexity index is 693. The highest BCUT2D eigenvalue weighted by Gasteiger charge is 2.19. The van der Waals surface area contributed by atoms with Crippen molar-refractivity contribution in [2.45, 2.75) is 25.6 Å². The number of carbonyl (C=O) groups is 2. The summed E-state index contributed by atoms with van der Waals surface area (Å²) in [5.41, 5.74) is 2.90. The fourth-order valence-electron chi connectivity index (χ4n) is 2.35. The zero-order valence-electron chi connectivity index (χ0n) is 12.6. The Hall–Kier alpha value is -2.01. The van der Waals surface area contributed by atoms with E-state index < -0.39 is 5.97 Å². The number of ether oxygens (including phenoxy) is 2. The number of alkyl halides is 1. The zero-order chi connectivity index (χ0) is 16.1. The van der Waals surface area contributed by atoms with Gasteiger partial charge < -0.3 is 14.5 Å². The number of aromatic amines is 1. The summed E-state index contributed by atoms with van der Waals surface area (Å²) in [5, 5.41) is 0.890. The van der Waals surface area contributed by atoms with Crippen molar-refractivity contribution in [1.29, 1.82) is 0 Å². The van der Waals surface area contributed by atoms with E-state index >= 15 is 0 Å². The van der Waals surface area contributed by atoms with E-state index in [-0.39, 0.29) is 19.0 Å². The van der Waals surface area contributed by atoms with Crippen molar-refractivity contribution in [3.05, 3.63) is 35.0 Å². The number of methoxy groups -OCH3 is 1. The fraction of sp³-hybridized carbons (Fsp3) is 0.375. The van der Waals surface area contributed by atoms with Gasteiger partial charge in [0.1, 0.15) is 5.69 Å². The predicted molar refractivity (Wildman–Crippen MR) is 84.1 cm³/mol. The molecule has 1 N–H and O–H groups in total. The Morgan fingerprint density at radius 1 is 1.32 bits per heavy atom. The molecule has 0 bridgehead atoms. The largest absolute Gasteiger partial charge is 0.469 e. The first-order valence-corrected chi connectivity index (χ1v) is 7.57. The number of fused-ring (bicyclic) bond motifs is 1. The van der Waals surface area contributed by atoms with Gasteiger partial charge in [0.2, 0.25) is 0 Å². The van der Waals surface area contributed by atoms with Gasteiger partial charge in [-0.1, -0.05) is 12.1 Å². The minimum Gasteiger partial charge on any atom is -0.469 e. The van der Waals surface area contributed by atoms with Crippen LogP contribution in [0.3, 0.4) is 0 Å². The Kier molecular flexibility index (Phi) is 5.44. The summed E-state index contributed by atoms with van der Waals surface area (Å²) < 4.78 is 9.74. The van der Waals surface area contributed by atoms with Gasteiger partial charge in [0.25, 0.3) is 0 Å². The number of H-pyrrole nitrogens is 1. The second kappa shape index (κ2) is 7.31. The minimum absolute atomic E-state index is 0.202. The lowest BCUT2D eigenvalue weighted by Crippen LogP contribution is -2.09. The second-order valence-electron chi connectivity index (χ2n) is 4.79. The van der Waals surface area contributed by atoms with Crippen LogP contribution in [-0.4, -0.2) is 30.6 Å². The molecule has 5 nitrogen and oxygen atoms in total. The molecule has 1 aromatic carbocycles. The molecule has 0 aliphatic heterocycles. The maximum Gasteiger partial charge on any atom is 0.355 e. The summed E-state index contributed by atoms with van der Waals surface area (Å²) in [4.78, 5) is 26.6. The van der Waals surface area contributed by atoms with Gasteiger partial charge in [-0.05, 0) is 30.5 Å². The summed E-state index contributed by atoms with van der Waals surface area (Å²) in [5.74, 6) is -0.353. The Morgan fingerprint density at radius 2 is 2.09 bits per heavy atom. The van der Waals surface area contributed by atoms with Crippen molar-refractivity contribution >= 4 is 34.4 Å². The number of halogens is 1. The van der Waals surface area contributed by atoms with Crippen molar-refractivity contribution in [3.63, 3.8) is 0 Å². The number of aromatic nitrogens is 1. The first kappa shape index (κ1) is 16.4. The molecular weight excluding hydrogens is 306 g/mol. The van der Waals surface area contributed by atoms with Gasteiger partial charge in [-0.3, -0.25) is 4.79 Å². The first-order valence-electron chi connectivity index (χ1n) is 7.04. The average Bonchev–Trinajstić information content (AvgIpc) is 2.90. The van der Waals surface area contributed by atoms with Gasteiger partial charge in [0.15, 0.2) is 0 Å². The number of hydrogen-bond donors (Lipinski definition) is 1. The Balaban J connectivity index is 2.45. The summed E-state index contributed by atoms with van der Waals surface area (Å²) in [6.45, 7) is 2.04. The molecule has 0 atom stereocenters. The molecule has 0 fully saturated rings. The smallest absolute Gasteiger partial charge is 0.355 e. The first-order chi connectivity index (χ1) is 10.6. The zero-order valence-corrected chi connectivity index (χ0v) is 13.3. The SMILES string of the molecule is CCOC(=O)c1[nH]c2cc(CCl)ccc2c1CCC(=O)OC. The van der Waals surface area contributed by atoms with Crippen LogP contribution < -0.4 is 0 Å². The van der Waals surface area contributed by atoms with E-state index in [0.717, 1.165) is 22.0 Å². The normalized spacial score (nSPS) is 10.7. The molecule has 2 rings (SSSR count). The number of hydrogen-bond acceptors (Lipinski definition) is 4.